The number of nitrogens with zero attached hydrogens (tertiary/aromatic N) is 3. The molecule has 0 radical (unpaired) electrons. The number of carbonyl (C=O) groups excluding carboxylic acids is 1. The van der Waals surface area contributed by atoms with E-state index < -0.39 is 6.04 Å². The van der Waals surface area contributed by atoms with Crippen LogP contribution in [0, 0.1) is 0 Å². The number of allylic oxidation sites excluding steroid dienone is 1. The van der Waals surface area contributed by atoms with Gasteiger partial charge in [-0.05, 0) is 60.7 Å². The normalized spacial score (nSPS) is 15.8. The number of urea groups is 1. The van der Waals surface area contributed by atoms with Crippen molar-refractivity contribution in [2.45, 2.75) is 39.7 Å². The Hall–Kier alpha value is -3.90. The maximum absolute atomic E-state index is 13.4. The lowest BCUT2D eigenvalue weighted by atomic mass is 9.94. The number of halogens is 1. The van der Waals surface area contributed by atoms with Gasteiger partial charge in [-0.2, -0.15) is 4.98 Å². The Morgan fingerprint density at radius 2 is 1.69 bits per heavy atom. The molecule has 1 atom stereocenters. The number of anilines is 1. The maximum atomic E-state index is 13.4. The summed E-state index contributed by atoms with van der Waals surface area (Å²) in [5, 5.41) is 8.03. The Labute approximate surface area is 215 Å². The molecule has 0 saturated heterocycles. The van der Waals surface area contributed by atoms with Crippen LogP contribution in [0.3, 0.4) is 0 Å². The number of amides is 2. The van der Waals surface area contributed by atoms with E-state index in [2.05, 4.69) is 42.5 Å². The van der Waals surface area contributed by atoms with Gasteiger partial charge in [0.05, 0.1) is 17.3 Å². The Morgan fingerprint density at radius 1 is 0.972 bits per heavy atom. The SMILES string of the molecule is CCc1ccc(-c2noc(C3=C(C)N(c4cccc(CC)c4)C(=O)NC3c3ccc(Cl)cc3)n2)cc1. The molecule has 2 amide bonds. The quantitative estimate of drug-likeness (QED) is 0.304. The van der Waals surface area contributed by atoms with Crippen LogP contribution >= 0.6 is 11.6 Å². The lowest BCUT2D eigenvalue weighted by molar-refractivity contribution is 0.244. The van der Waals surface area contributed by atoms with Crippen LogP contribution in [0.2, 0.25) is 5.02 Å². The third-order valence-corrected chi connectivity index (χ3v) is 6.79. The predicted molar refractivity (Wildman–Crippen MR) is 143 cm³/mol. The van der Waals surface area contributed by atoms with Gasteiger partial charge in [-0.15, -0.1) is 0 Å². The number of aromatic nitrogens is 2. The van der Waals surface area contributed by atoms with Crippen LogP contribution in [-0.2, 0) is 12.8 Å². The zero-order valence-electron chi connectivity index (χ0n) is 20.5. The maximum Gasteiger partial charge on any atom is 0.326 e. The number of rotatable bonds is 6. The van der Waals surface area contributed by atoms with E-state index in [9.17, 15) is 4.79 Å². The van der Waals surface area contributed by atoms with Crippen LogP contribution < -0.4 is 10.2 Å². The molecule has 182 valence electrons. The molecule has 1 N–H and O–H groups in total. The average molecular weight is 499 g/mol. The largest absolute Gasteiger partial charge is 0.334 e. The van der Waals surface area contributed by atoms with E-state index in [1.165, 1.54) is 5.56 Å². The lowest BCUT2D eigenvalue weighted by Gasteiger charge is -2.35. The Kier molecular flexibility index (Phi) is 6.61. The molecule has 36 heavy (non-hydrogen) atoms. The fraction of sp³-hybridized carbons (Fsp3) is 0.207. The summed E-state index contributed by atoms with van der Waals surface area (Å²) in [6.07, 6.45) is 1.83. The van der Waals surface area contributed by atoms with Gasteiger partial charge in [0, 0.05) is 16.3 Å². The molecule has 6 nitrogen and oxygen atoms in total. The van der Waals surface area contributed by atoms with Gasteiger partial charge >= 0.3 is 6.03 Å². The van der Waals surface area contributed by atoms with Crippen LogP contribution in [0.1, 0.15) is 49.4 Å². The molecule has 3 aromatic carbocycles. The molecule has 1 aromatic heterocycles. The second-order valence-electron chi connectivity index (χ2n) is 8.77. The Balaban J connectivity index is 1.63. The fourth-order valence-corrected chi connectivity index (χ4v) is 4.62. The number of hydrogen-bond donors (Lipinski definition) is 1. The summed E-state index contributed by atoms with van der Waals surface area (Å²) in [5.41, 5.74) is 6.37. The minimum atomic E-state index is -0.476. The van der Waals surface area contributed by atoms with Crippen molar-refractivity contribution in [1.29, 1.82) is 0 Å². The molecule has 2 heterocycles. The zero-order chi connectivity index (χ0) is 25.2. The highest BCUT2D eigenvalue weighted by molar-refractivity contribution is 6.30. The number of carbonyl (C=O) groups is 1. The van der Waals surface area contributed by atoms with Crippen molar-refractivity contribution in [3.8, 4) is 11.4 Å². The van der Waals surface area contributed by atoms with E-state index >= 15 is 0 Å². The summed E-state index contributed by atoms with van der Waals surface area (Å²) in [6, 6.07) is 22.8. The first kappa shape index (κ1) is 23.8. The molecule has 1 aliphatic rings. The van der Waals surface area contributed by atoms with Gasteiger partial charge in [-0.3, -0.25) is 4.90 Å². The van der Waals surface area contributed by atoms with Gasteiger partial charge < -0.3 is 9.84 Å². The molecule has 1 unspecified atom stereocenters. The monoisotopic (exact) mass is 498 g/mol. The van der Waals surface area contributed by atoms with E-state index in [0.29, 0.717) is 16.7 Å². The van der Waals surface area contributed by atoms with Crippen molar-refractivity contribution in [3.63, 3.8) is 0 Å². The van der Waals surface area contributed by atoms with Gasteiger partial charge in [0.2, 0.25) is 5.82 Å². The molecule has 4 aromatic rings. The van der Waals surface area contributed by atoms with Crippen LogP contribution in [0.25, 0.3) is 17.0 Å². The second kappa shape index (κ2) is 9.99. The van der Waals surface area contributed by atoms with Crippen molar-refractivity contribution < 1.29 is 9.32 Å². The highest BCUT2D eigenvalue weighted by atomic mass is 35.5. The van der Waals surface area contributed by atoms with Gasteiger partial charge in [-0.1, -0.05) is 79.1 Å². The summed E-state index contributed by atoms with van der Waals surface area (Å²) in [6.45, 7) is 6.12. The number of hydrogen-bond acceptors (Lipinski definition) is 4. The van der Waals surface area contributed by atoms with E-state index in [4.69, 9.17) is 21.1 Å². The van der Waals surface area contributed by atoms with Crippen molar-refractivity contribution in [3.05, 3.63) is 106 Å². The molecule has 0 bridgehead atoms. The predicted octanol–water partition coefficient (Wildman–Crippen LogP) is 7.22. The highest BCUT2D eigenvalue weighted by Crippen LogP contribution is 2.39. The van der Waals surface area contributed by atoms with Crippen LogP contribution in [0.4, 0.5) is 10.5 Å². The van der Waals surface area contributed by atoms with Gasteiger partial charge in [0.15, 0.2) is 0 Å². The van der Waals surface area contributed by atoms with E-state index in [-0.39, 0.29) is 6.03 Å². The standard InChI is InChI=1S/C29H27ClN4O2/c1-4-19-9-11-22(12-10-19)27-32-28(36-33-27)25-18(3)34(24-8-6-7-20(5-2)17-24)29(35)31-26(25)21-13-15-23(30)16-14-21/h6-17,26H,4-5H2,1-3H3,(H,31,35). The first-order valence-electron chi connectivity index (χ1n) is 12.1. The topological polar surface area (TPSA) is 71.3 Å². The van der Waals surface area contributed by atoms with Gasteiger partial charge in [0.1, 0.15) is 0 Å². The van der Waals surface area contributed by atoms with E-state index in [1.807, 2.05) is 61.5 Å². The lowest BCUT2D eigenvalue weighted by Crippen LogP contribution is -2.46. The van der Waals surface area contributed by atoms with Crippen LogP contribution in [-0.4, -0.2) is 16.2 Å². The average Bonchev–Trinajstić information content (AvgIpc) is 3.39. The van der Waals surface area contributed by atoms with Crippen LogP contribution in [0.15, 0.2) is 83.0 Å². The van der Waals surface area contributed by atoms with Gasteiger partial charge in [0.25, 0.3) is 5.89 Å². The second-order valence-corrected chi connectivity index (χ2v) is 9.20. The van der Waals surface area contributed by atoms with E-state index in [0.717, 1.165) is 46.5 Å². The smallest absolute Gasteiger partial charge is 0.326 e. The summed E-state index contributed by atoms with van der Waals surface area (Å²) in [4.78, 5) is 19.8. The van der Waals surface area contributed by atoms with Crippen molar-refractivity contribution in [2.75, 3.05) is 4.90 Å². The zero-order valence-corrected chi connectivity index (χ0v) is 21.2. The first-order valence-corrected chi connectivity index (χ1v) is 12.5. The Bertz CT molecular complexity index is 1420. The van der Waals surface area contributed by atoms with Crippen molar-refractivity contribution in [1.82, 2.24) is 15.5 Å². The van der Waals surface area contributed by atoms with Crippen LogP contribution in [0.5, 0.6) is 0 Å². The molecule has 0 aliphatic carbocycles. The molecule has 7 heteroatoms. The van der Waals surface area contributed by atoms with Gasteiger partial charge in [-0.25, -0.2) is 4.79 Å². The first-order chi connectivity index (χ1) is 17.5. The molecule has 1 aliphatic heterocycles. The van der Waals surface area contributed by atoms with E-state index in [1.54, 1.807) is 4.90 Å². The summed E-state index contributed by atoms with van der Waals surface area (Å²) in [7, 11) is 0. The molecular formula is C29H27ClN4O2. The number of nitrogens with one attached hydrogen (secondary N) is 1. The Morgan fingerprint density at radius 3 is 2.39 bits per heavy atom. The van der Waals surface area contributed by atoms with Crippen molar-refractivity contribution >= 4 is 28.9 Å². The highest BCUT2D eigenvalue weighted by Gasteiger charge is 2.36. The third kappa shape index (κ3) is 4.52. The van der Waals surface area contributed by atoms with Crippen molar-refractivity contribution in [2.24, 2.45) is 0 Å². The number of benzene rings is 3. The molecule has 0 fully saturated rings. The minimum Gasteiger partial charge on any atom is -0.334 e. The summed E-state index contributed by atoms with van der Waals surface area (Å²) < 4.78 is 5.80. The molecule has 0 spiro atoms. The minimum absolute atomic E-state index is 0.223. The number of aryl methyl sites for hydroxylation is 2. The molecule has 5 rings (SSSR count). The summed E-state index contributed by atoms with van der Waals surface area (Å²) >= 11 is 6.14. The molecule has 0 saturated carbocycles. The summed E-state index contributed by atoms with van der Waals surface area (Å²) in [5.74, 6) is 0.859. The fourth-order valence-electron chi connectivity index (χ4n) is 4.49. The molecular weight excluding hydrogens is 472 g/mol. The third-order valence-electron chi connectivity index (χ3n) is 6.54.